The van der Waals surface area contributed by atoms with E-state index in [0.717, 1.165) is 0 Å². The Morgan fingerprint density at radius 2 is 0.314 bits per heavy atom. The Hall–Kier alpha value is -9.00. The fourth-order valence-electron chi connectivity index (χ4n) is 16.5. The van der Waals surface area contributed by atoms with Crippen LogP contribution in [0.25, 0.3) is 33.4 Å². The number of rotatable bonds is 21. The molecule has 0 heterocycles. The van der Waals surface area contributed by atoms with Crippen molar-refractivity contribution in [3.05, 3.63) is 278 Å². The Morgan fingerprint density at radius 3 is 0.431 bits per heavy atom. The van der Waals surface area contributed by atoms with Crippen molar-refractivity contribution in [2.75, 3.05) is 31.9 Å². The number of aryl methyl sites for hydroxylation is 18. The summed E-state index contributed by atoms with van der Waals surface area (Å²) < 4.78 is 0. The normalized spacial score (nSPS) is 11.9. The molecule has 0 spiro atoms. The van der Waals surface area contributed by atoms with E-state index in [1.54, 1.807) is 0 Å². The summed E-state index contributed by atoms with van der Waals surface area (Å²) in [6.07, 6.45) is 0. The average molecular weight is 1360 g/mol. The van der Waals surface area contributed by atoms with Gasteiger partial charge in [-0.3, -0.25) is 0 Å². The maximum absolute atomic E-state index is 4.13. The van der Waals surface area contributed by atoms with Crippen molar-refractivity contribution in [2.24, 2.45) is 0 Å². The van der Waals surface area contributed by atoms with Crippen molar-refractivity contribution in [3.8, 4) is 33.4 Å². The third-order valence-corrected chi connectivity index (χ3v) is 21.1. The van der Waals surface area contributed by atoms with Gasteiger partial charge < -0.3 is 31.9 Å². The van der Waals surface area contributed by atoms with Gasteiger partial charge in [0.25, 0.3) is 0 Å². The molecule has 534 valence electrons. The summed E-state index contributed by atoms with van der Waals surface area (Å²) in [6.45, 7) is 65.3. The molecule has 0 saturated heterocycles. The molecule has 0 fully saturated rings. The second-order valence-electron chi connectivity index (χ2n) is 33.8. The Bertz CT molecular complexity index is 3950. The summed E-state index contributed by atoms with van der Waals surface area (Å²) in [5.74, 6) is 0. The Morgan fingerprint density at radius 1 is 0.186 bits per heavy atom. The van der Waals surface area contributed by atoms with Crippen molar-refractivity contribution in [3.63, 3.8) is 0 Å². The molecule has 0 unspecified atom stereocenters. The zero-order valence-corrected chi connectivity index (χ0v) is 67.4. The Balaban J connectivity index is 1.38. The molecular weight excluding hydrogens is 1240 g/mol. The van der Waals surface area contributed by atoms with Crippen LogP contribution in [0.15, 0.2) is 127 Å². The standard InChI is InChI=1S/C96H120N6/c1-55-28-61(7)88(62(8)29-55)97-49-76-43-82(94(19,20)21)44-77(50-98-89-63(9)30-56(2)31-64(89)10)85(76)73-40-74(86-78(51-99-90-65(11)32-57(3)33-66(90)12)45-83(95(22,23)24)46-79(86)52-100-91-67(13)34-58(4)35-68(91)14)42-75(41-73)87-80(53-101-92-69(15)36-59(5)37-70(92)16)47-84(96(25,26)27)48-81(87)54-102-93-71(17)38-60(6)39-72(93)18/h28-48,97-102H,49-54H2,1-27H3. The van der Waals surface area contributed by atoms with Crippen LogP contribution >= 0.6 is 0 Å². The molecule has 0 saturated carbocycles. The molecule has 0 aromatic heterocycles. The van der Waals surface area contributed by atoms with Crippen molar-refractivity contribution in [1.82, 2.24) is 0 Å². The molecule has 10 aromatic carbocycles. The number of nitrogens with one attached hydrogen (secondary N) is 6. The molecule has 6 N–H and O–H groups in total. The zero-order valence-electron chi connectivity index (χ0n) is 67.4. The minimum Gasteiger partial charge on any atom is -0.381 e. The minimum absolute atomic E-state index is 0.164. The Labute approximate surface area is 615 Å². The summed E-state index contributed by atoms with van der Waals surface area (Å²) in [5, 5.41) is 24.8. The predicted octanol–water partition coefficient (Wildman–Crippen LogP) is 25.8. The molecule has 6 nitrogen and oxygen atoms in total. The molecular formula is C96H120N6. The van der Waals surface area contributed by atoms with Crippen LogP contribution in [0.3, 0.4) is 0 Å². The lowest BCUT2D eigenvalue weighted by Gasteiger charge is -2.29. The lowest BCUT2D eigenvalue weighted by Crippen LogP contribution is -2.17. The van der Waals surface area contributed by atoms with Gasteiger partial charge in [0, 0.05) is 73.4 Å². The van der Waals surface area contributed by atoms with E-state index in [1.165, 1.54) is 218 Å². The SMILES string of the molecule is Cc1cc(C)c(NCc2cc(C(C)(C)C)cc(CNc3c(C)cc(C)cc3C)c2-c2cc(-c3c(CNc4c(C)cc(C)cc4C)cc(C(C)(C)C)cc3CNc3c(C)cc(C)cc3C)cc(-c3c(CNc4c(C)cc(C)cc4C)cc(C(C)(C)C)cc3CNc3c(C)cc(C)cc3C)c2)c(C)c1. The van der Waals surface area contributed by atoms with Gasteiger partial charge in [0.15, 0.2) is 0 Å². The first-order chi connectivity index (χ1) is 47.8. The number of hydrogen-bond donors (Lipinski definition) is 6. The van der Waals surface area contributed by atoms with E-state index in [9.17, 15) is 0 Å². The highest BCUT2D eigenvalue weighted by atomic mass is 14.9. The number of benzene rings is 10. The molecule has 6 heteroatoms. The zero-order chi connectivity index (χ0) is 74.4. The summed E-state index contributed by atoms with van der Waals surface area (Å²) >= 11 is 0. The summed E-state index contributed by atoms with van der Waals surface area (Å²) in [5.41, 5.74) is 47.9. The fourth-order valence-corrected chi connectivity index (χ4v) is 16.5. The van der Waals surface area contributed by atoms with E-state index in [4.69, 9.17) is 0 Å². The van der Waals surface area contributed by atoms with Gasteiger partial charge in [0.1, 0.15) is 0 Å². The van der Waals surface area contributed by atoms with Gasteiger partial charge >= 0.3 is 0 Å². The highest BCUT2D eigenvalue weighted by molar-refractivity contribution is 5.88. The molecule has 0 aliphatic heterocycles. The molecule has 0 radical (unpaired) electrons. The monoisotopic (exact) mass is 1360 g/mol. The van der Waals surface area contributed by atoms with Gasteiger partial charge in [0.05, 0.1) is 0 Å². The van der Waals surface area contributed by atoms with Crippen molar-refractivity contribution >= 4 is 34.1 Å². The van der Waals surface area contributed by atoms with Gasteiger partial charge in [-0.2, -0.15) is 0 Å². The number of anilines is 6. The minimum atomic E-state index is -0.164. The lowest BCUT2D eigenvalue weighted by atomic mass is 9.78. The average Bonchev–Trinajstić information content (AvgIpc) is 0.749. The maximum Gasteiger partial charge on any atom is 0.0407 e. The van der Waals surface area contributed by atoms with Crippen LogP contribution < -0.4 is 31.9 Å². The molecule has 0 amide bonds. The third kappa shape index (κ3) is 17.2. The van der Waals surface area contributed by atoms with Crippen molar-refractivity contribution in [2.45, 2.75) is 242 Å². The summed E-state index contributed by atoms with van der Waals surface area (Å²) in [6, 6.07) is 50.7. The van der Waals surface area contributed by atoms with Crippen LogP contribution in [0.1, 0.15) is 213 Å². The smallest absolute Gasteiger partial charge is 0.0407 e. The first-order valence-corrected chi connectivity index (χ1v) is 37.4. The molecule has 10 rings (SSSR count). The van der Waals surface area contributed by atoms with Crippen LogP contribution in [0.5, 0.6) is 0 Å². The van der Waals surface area contributed by atoms with Crippen LogP contribution in [0.2, 0.25) is 0 Å². The van der Waals surface area contributed by atoms with Gasteiger partial charge in [0.2, 0.25) is 0 Å². The molecule has 10 aromatic rings. The van der Waals surface area contributed by atoms with Crippen molar-refractivity contribution in [1.29, 1.82) is 0 Å². The predicted molar refractivity (Wildman–Crippen MR) is 447 cm³/mol. The third-order valence-electron chi connectivity index (χ3n) is 21.1. The van der Waals surface area contributed by atoms with Crippen LogP contribution in [0.4, 0.5) is 34.1 Å². The van der Waals surface area contributed by atoms with E-state index in [2.05, 4.69) is 346 Å². The van der Waals surface area contributed by atoms with E-state index in [0.29, 0.717) is 39.3 Å². The van der Waals surface area contributed by atoms with Crippen LogP contribution in [-0.4, -0.2) is 0 Å². The first-order valence-electron chi connectivity index (χ1n) is 37.4. The van der Waals surface area contributed by atoms with Crippen molar-refractivity contribution < 1.29 is 0 Å². The Kier molecular flexibility index (Phi) is 22.4. The number of hydrogen-bond acceptors (Lipinski definition) is 6. The van der Waals surface area contributed by atoms with E-state index >= 15 is 0 Å². The largest absolute Gasteiger partial charge is 0.381 e. The van der Waals surface area contributed by atoms with Crippen LogP contribution in [-0.2, 0) is 55.5 Å². The van der Waals surface area contributed by atoms with Gasteiger partial charge in [-0.1, -0.05) is 205 Å². The molecule has 0 atom stereocenters. The first kappa shape index (κ1) is 75.7. The van der Waals surface area contributed by atoms with E-state index in [-0.39, 0.29) is 16.2 Å². The lowest BCUT2D eigenvalue weighted by molar-refractivity contribution is 0.588. The second kappa shape index (κ2) is 30.1. The molecule has 0 aliphatic rings. The van der Waals surface area contributed by atoms with Crippen LogP contribution in [0, 0.1) is 125 Å². The highest BCUT2D eigenvalue weighted by Crippen LogP contribution is 2.46. The van der Waals surface area contributed by atoms with E-state index < -0.39 is 0 Å². The van der Waals surface area contributed by atoms with Gasteiger partial charge in [-0.05, 0) is 309 Å². The molecule has 0 bridgehead atoms. The second-order valence-corrected chi connectivity index (χ2v) is 33.8. The van der Waals surface area contributed by atoms with E-state index in [1.807, 2.05) is 0 Å². The molecule has 102 heavy (non-hydrogen) atoms. The van der Waals surface area contributed by atoms with Gasteiger partial charge in [-0.15, -0.1) is 0 Å². The van der Waals surface area contributed by atoms with Gasteiger partial charge in [-0.25, -0.2) is 0 Å². The quantitative estimate of drug-likeness (QED) is 0.0431. The highest BCUT2D eigenvalue weighted by Gasteiger charge is 2.28. The summed E-state index contributed by atoms with van der Waals surface area (Å²) in [4.78, 5) is 0. The topological polar surface area (TPSA) is 72.2 Å². The fraction of sp³-hybridized carbons (Fsp3) is 0.375. The molecule has 0 aliphatic carbocycles. The maximum atomic E-state index is 4.13. The summed E-state index contributed by atoms with van der Waals surface area (Å²) in [7, 11) is 0.